The van der Waals surface area contributed by atoms with Crippen LogP contribution in [-0.4, -0.2) is 24.2 Å². The molecule has 0 aliphatic carbocycles. The van der Waals surface area contributed by atoms with Gasteiger partial charge in [0.15, 0.2) is 0 Å². The highest BCUT2D eigenvalue weighted by molar-refractivity contribution is 5.96. The van der Waals surface area contributed by atoms with Crippen molar-refractivity contribution in [2.45, 2.75) is 13.8 Å². The van der Waals surface area contributed by atoms with Crippen LogP contribution in [0.15, 0.2) is 63.3 Å². The molecule has 29 heavy (non-hydrogen) atoms. The van der Waals surface area contributed by atoms with Crippen molar-refractivity contribution in [2.24, 2.45) is 0 Å². The summed E-state index contributed by atoms with van der Waals surface area (Å²) in [5.41, 5.74) is 2.36. The van der Waals surface area contributed by atoms with Crippen molar-refractivity contribution < 1.29 is 14.3 Å². The molecule has 1 aromatic heterocycles. The summed E-state index contributed by atoms with van der Waals surface area (Å²) in [4.78, 5) is 25.7. The average Bonchev–Trinajstić information content (AvgIpc) is 2.72. The van der Waals surface area contributed by atoms with Crippen molar-refractivity contribution in [1.29, 1.82) is 5.26 Å². The van der Waals surface area contributed by atoms with E-state index in [1.165, 1.54) is 6.08 Å². The monoisotopic (exact) mass is 388 g/mol. The minimum atomic E-state index is -1.28. The Morgan fingerprint density at radius 3 is 2.41 bits per heavy atom. The zero-order valence-corrected chi connectivity index (χ0v) is 16.2. The number of carboxylic acids is 1. The molecule has 0 aliphatic rings. The van der Waals surface area contributed by atoms with Crippen molar-refractivity contribution in [1.82, 2.24) is 0 Å². The van der Waals surface area contributed by atoms with Gasteiger partial charge >= 0.3 is 11.6 Å². The number of nitrogens with zero attached hydrogens (tertiary/aromatic N) is 2. The zero-order chi connectivity index (χ0) is 21.0. The Hall–Kier alpha value is -3.85. The number of nitriles is 1. The molecule has 0 saturated heterocycles. The molecule has 6 heteroatoms. The first kappa shape index (κ1) is 19.9. The molecule has 3 aromatic rings. The van der Waals surface area contributed by atoms with Crippen LogP contribution in [0, 0.1) is 11.3 Å². The van der Waals surface area contributed by atoms with Crippen LogP contribution in [0.4, 0.5) is 5.69 Å². The quantitative estimate of drug-likeness (QED) is 0.384. The Balaban J connectivity index is 1.99. The lowest BCUT2D eigenvalue weighted by atomic mass is 10.0. The number of fused-ring (bicyclic) bond motifs is 1. The predicted molar refractivity (Wildman–Crippen MR) is 113 cm³/mol. The summed E-state index contributed by atoms with van der Waals surface area (Å²) in [6.45, 7) is 5.87. The van der Waals surface area contributed by atoms with E-state index in [1.54, 1.807) is 36.4 Å². The van der Waals surface area contributed by atoms with Crippen LogP contribution < -0.4 is 10.5 Å². The Bertz CT molecular complexity index is 1180. The highest BCUT2D eigenvalue weighted by atomic mass is 16.4. The standard InChI is InChI=1S/C23H20N2O4/c1-3-25(4-2)19-10-9-17-12-20(23(28)29-21(17)13-19)16-7-5-15(6-8-16)11-18(14-24)22(26)27/h5-13H,3-4H2,1-2H3,(H,26,27). The van der Waals surface area contributed by atoms with Crippen molar-refractivity contribution in [3.8, 4) is 17.2 Å². The van der Waals surface area contributed by atoms with E-state index in [4.69, 9.17) is 14.8 Å². The van der Waals surface area contributed by atoms with Gasteiger partial charge in [-0.3, -0.25) is 0 Å². The van der Waals surface area contributed by atoms with Gasteiger partial charge in [0.25, 0.3) is 0 Å². The molecule has 1 N–H and O–H groups in total. The van der Waals surface area contributed by atoms with Gasteiger partial charge in [0, 0.05) is 30.2 Å². The van der Waals surface area contributed by atoms with Crippen LogP contribution in [0.5, 0.6) is 0 Å². The number of rotatable bonds is 6. The SMILES string of the molecule is CCN(CC)c1ccc2cc(-c3ccc(C=C(C#N)C(=O)O)cc3)c(=O)oc2c1. The molecular formula is C23H20N2O4. The van der Waals surface area contributed by atoms with Gasteiger partial charge in [0.1, 0.15) is 17.2 Å². The number of benzene rings is 2. The average molecular weight is 388 g/mol. The molecule has 0 unspecified atom stereocenters. The Morgan fingerprint density at radius 1 is 1.14 bits per heavy atom. The van der Waals surface area contributed by atoms with E-state index in [0.717, 1.165) is 24.2 Å². The Kier molecular flexibility index (Phi) is 5.79. The van der Waals surface area contributed by atoms with E-state index in [0.29, 0.717) is 22.3 Å². The summed E-state index contributed by atoms with van der Waals surface area (Å²) in [7, 11) is 0. The van der Waals surface area contributed by atoms with Crippen LogP contribution in [0.3, 0.4) is 0 Å². The van der Waals surface area contributed by atoms with Gasteiger partial charge < -0.3 is 14.4 Å². The lowest BCUT2D eigenvalue weighted by molar-refractivity contribution is -0.132. The normalized spacial score (nSPS) is 11.3. The van der Waals surface area contributed by atoms with Crippen LogP contribution in [0.2, 0.25) is 0 Å². The molecule has 0 bridgehead atoms. The second kappa shape index (κ2) is 8.44. The van der Waals surface area contributed by atoms with Crippen molar-refractivity contribution in [3.05, 3.63) is 70.1 Å². The molecule has 146 valence electrons. The van der Waals surface area contributed by atoms with E-state index in [1.807, 2.05) is 18.2 Å². The minimum Gasteiger partial charge on any atom is -0.477 e. The third-order valence-electron chi connectivity index (χ3n) is 4.73. The Labute approximate surface area is 167 Å². The number of aliphatic carboxylic acids is 1. The maximum atomic E-state index is 12.5. The number of carbonyl (C=O) groups is 1. The fourth-order valence-corrected chi connectivity index (χ4v) is 3.15. The topological polar surface area (TPSA) is 94.5 Å². The molecular weight excluding hydrogens is 368 g/mol. The van der Waals surface area contributed by atoms with E-state index in [2.05, 4.69) is 18.7 Å². The van der Waals surface area contributed by atoms with Gasteiger partial charge in [0.2, 0.25) is 0 Å². The first-order chi connectivity index (χ1) is 14.0. The van der Waals surface area contributed by atoms with E-state index in [-0.39, 0.29) is 5.57 Å². The highest BCUT2D eigenvalue weighted by Gasteiger charge is 2.11. The second-order valence-electron chi connectivity index (χ2n) is 6.44. The largest absolute Gasteiger partial charge is 0.477 e. The van der Waals surface area contributed by atoms with Crippen LogP contribution >= 0.6 is 0 Å². The van der Waals surface area contributed by atoms with Crippen LogP contribution in [0.25, 0.3) is 28.2 Å². The maximum absolute atomic E-state index is 12.5. The van der Waals surface area contributed by atoms with Gasteiger partial charge in [-0.25, -0.2) is 9.59 Å². The summed E-state index contributed by atoms with van der Waals surface area (Å²) in [5, 5.41) is 18.6. The summed E-state index contributed by atoms with van der Waals surface area (Å²) >= 11 is 0. The van der Waals surface area contributed by atoms with Crippen molar-refractivity contribution in [2.75, 3.05) is 18.0 Å². The summed E-state index contributed by atoms with van der Waals surface area (Å²) in [6, 6.07) is 15.9. The molecule has 6 nitrogen and oxygen atoms in total. The number of hydrogen-bond donors (Lipinski definition) is 1. The van der Waals surface area contributed by atoms with Gasteiger partial charge in [0.05, 0.1) is 5.56 Å². The van der Waals surface area contributed by atoms with Crippen LogP contribution in [-0.2, 0) is 4.79 Å². The lowest BCUT2D eigenvalue weighted by Crippen LogP contribution is -2.21. The minimum absolute atomic E-state index is 0.355. The van der Waals surface area contributed by atoms with Crippen molar-refractivity contribution in [3.63, 3.8) is 0 Å². The Morgan fingerprint density at radius 2 is 1.83 bits per heavy atom. The van der Waals surface area contributed by atoms with E-state index in [9.17, 15) is 9.59 Å². The molecule has 1 heterocycles. The smallest absolute Gasteiger partial charge is 0.346 e. The molecule has 0 aliphatic heterocycles. The van der Waals surface area contributed by atoms with Crippen molar-refractivity contribution >= 4 is 28.7 Å². The first-order valence-electron chi connectivity index (χ1n) is 9.25. The molecule has 0 saturated carbocycles. The molecule has 0 amide bonds. The van der Waals surface area contributed by atoms with E-state index < -0.39 is 11.6 Å². The third kappa shape index (κ3) is 4.19. The maximum Gasteiger partial charge on any atom is 0.346 e. The number of anilines is 1. The lowest BCUT2D eigenvalue weighted by Gasteiger charge is -2.21. The molecule has 0 radical (unpaired) electrons. The molecule has 3 rings (SSSR count). The van der Waals surface area contributed by atoms with Gasteiger partial charge in [-0.05, 0) is 49.2 Å². The van der Waals surface area contributed by atoms with Crippen LogP contribution in [0.1, 0.15) is 19.4 Å². The summed E-state index contributed by atoms with van der Waals surface area (Å²) < 4.78 is 5.56. The molecule has 0 spiro atoms. The number of carboxylic acid groups (broad SMARTS) is 1. The summed E-state index contributed by atoms with van der Waals surface area (Å²) in [6.07, 6.45) is 1.28. The fourth-order valence-electron chi connectivity index (χ4n) is 3.15. The van der Waals surface area contributed by atoms with Gasteiger partial charge in [-0.2, -0.15) is 5.26 Å². The highest BCUT2D eigenvalue weighted by Crippen LogP contribution is 2.25. The predicted octanol–water partition coefficient (Wildman–Crippen LogP) is 4.30. The van der Waals surface area contributed by atoms with Gasteiger partial charge in [-0.1, -0.05) is 24.3 Å². The third-order valence-corrected chi connectivity index (χ3v) is 4.73. The fraction of sp³-hybridized carbons (Fsp3) is 0.174. The first-order valence-corrected chi connectivity index (χ1v) is 9.25. The van der Waals surface area contributed by atoms with E-state index >= 15 is 0 Å². The molecule has 0 atom stereocenters. The number of hydrogen-bond acceptors (Lipinski definition) is 5. The van der Waals surface area contributed by atoms with Gasteiger partial charge in [-0.15, -0.1) is 0 Å². The molecule has 0 fully saturated rings. The second-order valence-corrected chi connectivity index (χ2v) is 6.44. The summed E-state index contributed by atoms with van der Waals surface area (Å²) in [5.74, 6) is -1.28. The molecule has 2 aromatic carbocycles. The zero-order valence-electron chi connectivity index (χ0n) is 16.2.